The zero-order valence-corrected chi connectivity index (χ0v) is 13.3. The molecule has 1 aliphatic rings. The Morgan fingerprint density at radius 1 is 1.33 bits per heavy atom. The van der Waals surface area contributed by atoms with Crippen LogP contribution < -0.4 is 5.32 Å². The Hall–Kier alpha value is -1.55. The molecule has 4 heteroatoms. The predicted molar refractivity (Wildman–Crippen MR) is 84.4 cm³/mol. The number of carbonyl (C=O) groups excluding carboxylic acids is 1. The van der Waals surface area contributed by atoms with Gasteiger partial charge in [0.05, 0.1) is 6.04 Å². The van der Waals surface area contributed by atoms with E-state index in [-0.39, 0.29) is 12.1 Å². The summed E-state index contributed by atoms with van der Waals surface area (Å²) in [5.74, 6) is 0. The fraction of sp³-hybridized carbons (Fsp3) is 0.588. The molecule has 0 saturated carbocycles. The number of carbonyl (C=O) groups is 1. The molecule has 0 aliphatic carbocycles. The second kappa shape index (κ2) is 6.94. The second-order valence-electron chi connectivity index (χ2n) is 6.57. The fourth-order valence-electron chi connectivity index (χ4n) is 2.57. The zero-order chi connectivity index (χ0) is 15.3. The summed E-state index contributed by atoms with van der Waals surface area (Å²) >= 11 is 0. The molecular formula is C17H26N2O2. The molecule has 1 fully saturated rings. The molecule has 2 rings (SSSR count). The van der Waals surface area contributed by atoms with Crippen LogP contribution in [0.25, 0.3) is 0 Å². The first-order valence-electron chi connectivity index (χ1n) is 7.70. The number of ether oxygens (including phenoxy) is 1. The third kappa shape index (κ3) is 5.05. The van der Waals surface area contributed by atoms with Crippen molar-refractivity contribution in [2.75, 3.05) is 19.6 Å². The molecule has 1 aromatic carbocycles. The summed E-state index contributed by atoms with van der Waals surface area (Å²) in [6.07, 6.45) is 1.62. The normalized spacial score (nSPS) is 20.0. The predicted octanol–water partition coefficient (Wildman–Crippen LogP) is 2.83. The van der Waals surface area contributed by atoms with Crippen LogP contribution in [-0.2, 0) is 11.2 Å². The van der Waals surface area contributed by atoms with Gasteiger partial charge in [-0.3, -0.25) is 0 Å². The van der Waals surface area contributed by atoms with Crippen molar-refractivity contribution in [2.24, 2.45) is 0 Å². The lowest BCUT2D eigenvalue weighted by Crippen LogP contribution is -2.47. The molecule has 1 aromatic rings. The van der Waals surface area contributed by atoms with Crippen LogP contribution in [-0.4, -0.2) is 42.3 Å². The molecule has 1 unspecified atom stereocenters. The standard InChI is InChI=1S/C17H26N2O2/c1-17(2,3)21-16(20)19-11-7-10-18-13-15(19)12-14-8-5-4-6-9-14/h4-6,8-9,15,18H,7,10-13H2,1-3H3. The van der Waals surface area contributed by atoms with Gasteiger partial charge in [0.1, 0.15) is 5.60 Å². The molecule has 0 spiro atoms. The van der Waals surface area contributed by atoms with Crippen molar-refractivity contribution in [3.8, 4) is 0 Å². The van der Waals surface area contributed by atoms with Gasteiger partial charge in [-0.1, -0.05) is 30.3 Å². The first-order chi connectivity index (χ1) is 9.96. The Morgan fingerprint density at radius 3 is 2.71 bits per heavy atom. The molecule has 21 heavy (non-hydrogen) atoms. The van der Waals surface area contributed by atoms with E-state index in [4.69, 9.17) is 4.74 Å². The summed E-state index contributed by atoms with van der Waals surface area (Å²) in [5, 5.41) is 3.42. The summed E-state index contributed by atoms with van der Waals surface area (Å²) in [6, 6.07) is 10.5. The topological polar surface area (TPSA) is 41.6 Å². The number of nitrogens with one attached hydrogen (secondary N) is 1. The summed E-state index contributed by atoms with van der Waals surface area (Å²) in [5.41, 5.74) is 0.799. The minimum Gasteiger partial charge on any atom is -0.444 e. The van der Waals surface area contributed by atoms with Crippen molar-refractivity contribution < 1.29 is 9.53 Å². The van der Waals surface area contributed by atoms with Gasteiger partial charge in [0, 0.05) is 13.1 Å². The molecule has 1 saturated heterocycles. The summed E-state index contributed by atoms with van der Waals surface area (Å²) in [6.45, 7) is 8.24. The van der Waals surface area contributed by atoms with E-state index in [1.807, 2.05) is 43.9 Å². The molecule has 1 heterocycles. The van der Waals surface area contributed by atoms with Crippen LogP contribution in [0.1, 0.15) is 32.8 Å². The SMILES string of the molecule is CC(C)(C)OC(=O)N1CCCNCC1Cc1ccccc1. The second-order valence-corrected chi connectivity index (χ2v) is 6.57. The Bertz CT molecular complexity index is 454. The highest BCUT2D eigenvalue weighted by atomic mass is 16.6. The highest BCUT2D eigenvalue weighted by Gasteiger charge is 2.29. The maximum atomic E-state index is 12.4. The zero-order valence-electron chi connectivity index (χ0n) is 13.3. The molecule has 0 bridgehead atoms. The molecule has 1 atom stereocenters. The Labute approximate surface area is 127 Å². The molecule has 0 radical (unpaired) electrons. The van der Waals surface area contributed by atoms with Crippen molar-refractivity contribution >= 4 is 6.09 Å². The third-order valence-corrected chi connectivity index (χ3v) is 3.52. The number of benzene rings is 1. The highest BCUT2D eigenvalue weighted by molar-refractivity contribution is 5.68. The van der Waals surface area contributed by atoms with E-state index in [1.165, 1.54) is 5.56 Å². The Kier molecular flexibility index (Phi) is 5.23. The summed E-state index contributed by atoms with van der Waals surface area (Å²) < 4.78 is 5.56. The molecule has 116 valence electrons. The van der Waals surface area contributed by atoms with Gasteiger partial charge >= 0.3 is 6.09 Å². The van der Waals surface area contributed by atoms with Gasteiger partial charge in [0.2, 0.25) is 0 Å². The van der Waals surface area contributed by atoms with E-state index >= 15 is 0 Å². The monoisotopic (exact) mass is 290 g/mol. The average Bonchev–Trinajstić information content (AvgIpc) is 2.63. The molecule has 1 amide bonds. The number of hydrogen-bond acceptors (Lipinski definition) is 3. The van der Waals surface area contributed by atoms with Gasteiger partial charge < -0.3 is 15.0 Å². The van der Waals surface area contributed by atoms with Crippen molar-refractivity contribution in [2.45, 2.75) is 45.3 Å². The molecule has 1 aliphatic heterocycles. The number of rotatable bonds is 2. The van der Waals surface area contributed by atoms with Gasteiger partial charge in [0.25, 0.3) is 0 Å². The van der Waals surface area contributed by atoms with Crippen molar-refractivity contribution in [3.05, 3.63) is 35.9 Å². The van der Waals surface area contributed by atoms with Crippen LogP contribution in [0.2, 0.25) is 0 Å². The Balaban J connectivity index is 2.08. The van der Waals surface area contributed by atoms with E-state index in [0.717, 1.165) is 32.5 Å². The van der Waals surface area contributed by atoms with Crippen LogP contribution in [0.5, 0.6) is 0 Å². The first kappa shape index (κ1) is 15.8. The van der Waals surface area contributed by atoms with Crippen molar-refractivity contribution in [1.29, 1.82) is 0 Å². The number of nitrogens with zero attached hydrogens (tertiary/aromatic N) is 1. The highest BCUT2D eigenvalue weighted by Crippen LogP contribution is 2.16. The van der Waals surface area contributed by atoms with Gasteiger partial charge in [-0.05, 0) is 45.7 Å². The van der Waals surface area contributed by atoms with Crippen LogP contribution in [0.4, 0.5) is 4.79 Å². The van der Waals surface area contributed by atoms with Gasteiger partial charge in [-0.2, -0.15) is 0 Å². The molecular weight excluding hydrogens is 264 g/mol. The lowest BCUT2D eigenvalue weighted by atomic mass is 10.0. The minimum atomic E-state index is -0.450. The lowest BCUT2D eigenvalue weighted by molar-refractivity contribution is 0.0177. The van der Waals surface area contributed by atoms with Crippen molar-refractivity contribution in [3.63, 3.8) is 0 Å². The van der Waals surface area contributed by atoms with E-state index in [1.54, 1.807) is 0 Å². The van der Waals surface area contributed by atoms with Crippen molar-refractivity contribution in [1.82, 2.24) is 10.2 Å². The van der Waals surface area contributed by atoms with E-state index in [2.05, 4.69) is 17.4 Å². The van der Waals surface area contributed by atoms with Gasteiger partial charge in [-0.25, -0.2) is 4.79 Å². The quantitative estimate of drug-likeness (QED) is 0.910. The maximum absolute atomic E-state index is 12.4. The van der Waals surface area contributed by atoms with Crippen LogP contribution in [0, 0.1) is 0 Å². The van der Waals surface area contributed by atoms with Crippen LogP contribution in [0.3, 0.4) is 0 Å². The number of hydrogen-bond donors (Lipinski definition) is 1. The third-order valence-electron chi connectivity index (χ3n) is 3.52. The minimum absolute atomic E-state index is 0.143. The summed E-state index contributed by atoms with van der Waals surface area (Å²) in [7, 11) is 0. The van der Waals surface area contributed by atoms with E-state index < -0.39 is 5.60 Å². The molecule has 1 N–H and O–H groups in total. The van der Waals surface area contributed by atoms with Gasteiger partial charge in [0.15, 0.2) is 0 Å². The smallest absolute Gasteiger partial charge is 0.410 e. The van der Waals surface area contributed by atoms with E-state index in [0.29, 0.717) is 0 Å². The largest absolute Gasteiger partial charge is 0.444 e. The Morgan fingerprint density at radius 2 is 2.05 bits per heavy atom. The van der Waals surface area contributed by atoms with Crippen LogP contribution in [0.15, 0.2) is 30.3 Å². The molecule has 0 aromatic heterocycles. The fourth-order valence-corrected chi connectivity index (χ4v) is 2.57. The maximum Gasteiger partial charge on any atom is 0.410 e. The number of amides is 1. The average molecular weight is 290 g/mol. The molecule has 4 nitrogen and oxygen atoms in total. The van der Waals surface area contributed by atoms with Crippen LogP contribution >= 0.6 is 0 Å². The first-order valence-corrected chi connectivity index (χ1v) is 7.70. The summed E-state index contributed by atoms with van der Waals surface area (Å²) in [4.78, 5) is 14.3. The van der Waals surface area contributed by atoms with Gasteiger partial charge in [-0.15, -0.1) is 0 Å². The van der Waals surface area contributed by atoms with E-state index in [9.17, 15) is 4.79 Å². The lowest BCUT2D eigenvalue weighted by Gasteiger charge is -2.32.